The monoisotopic (exact) mass is 1680 g/mol. The third-order valence-electron chi connectivity index (χ3n) is 25.6. The largest absolute Gasteiger partial charge is 0.455 e. The number of fused-ring (bicyclic) bond motifs is 20. The van der Waals surface area contributed by atoms with E-state index >= 15 is 0 Å². The molecule has 0 saturated carbocycles. The van der Waals surface area contributed by atoms with Crippen molar-refractivity contribution in [3.8, 4) is 56.7 Å². The predicted molar refractivity (Wildman–Crippen MR) is 521 cm³/mol. The van der Waals surface area contributed by atoms with Gasteiger partial charge in [0, 0.05) is 78.5 Å². The Kier molecular flexibility index (Phi) is 20.0. The number of hydrogen-bond donors (Lipinski definition) is 0. The van der Waals surface area contributed by atoms with Crippen LogP contribution in [0.25, 0.3) is 220 Å². The molecule has 0 aliphatic rings. The summed E-state index contributed by atoms with van der Waals surface area (Å²) in [6.45, 7) is 19.0. The van der Waals surface area contributed by atoms with Crippen LogP contribution in [0.3, 0.4) is 0 Å². The van der Waals surface area contributed by atoms with Crippen LogP contribution in [0.1, 0.15) is 50.2 Å². The lowest BCUT2D eigenvalue weighted by molar-refractivity contribution is -0.663. The van der Waals surface area contributed by atoms with E-state index in [9.17, 15) is 0 Å². The summed E-state index contributed by atoms with van der Waals surface area (Å²) in [5, 5.41) is 23.6. The zero-order valence-electron chi connectivity index (χ0n) is 74.5. The molecule has 0 unspecified atom stereocenters. The first-order valence-electron chi connectivity index (χ1n) is 43.5. The van der Waals surface area contributed by atoms with Gasteiger partial charge in [-0.15, -0.1) is 0 Å². The molecule has 129 heavy (non-hydrogen) atoms. The van der Waals surface area contributed by atoms with Gasteiger partial charge in [-0.2, -0.15) is 9.13 Å². The lowest BCUT2D eigenvalue weighted by atomic mass is 9.96. The third-order valence-corrected chi connectivity index (χ3v) is 25.6. The first-order valence-corrected chi connectivity index (χ1v) is 43.5. The summed E-state index contributed by atoms with van der Waals surface area (Å²) < 4.78 is 42.2. The molecule has 0 aliphatic heterocycles. The number of furan rings is 5. The van der Waals surface area contributed by atoms with Crippen molar-refractivity contribution in [1.82, 2.24) is 24.9 Å². The number of benzene rings is 15. The molecule has 0 fully saturated rings. The van der Waals surface area contributed by atoms with Crippen molar-refractivity contribution >= 4 is 164 Å². The molecular weight excluding hydrogens is 1590 g/mol. The van der Waals surface area contributed by atoms with Gasteiger partial charge >= 0.3 is 17.5 Å². The summed E-state index contributed by atoms with van der Waals surface area (Å²) in [7, 11) is 10.2. The Balaban J connectivity index is 0.0000000978. The molecule has 15 nitrogen and oxygen atoms in total. The molecule has 25 rings (SSSR count). The molecule has 0 aliphatic carbocycles. The van der Waals surface area contributed by atoms with Crippen molar-refractivity contribution in [1.29, 1.82) is 0 Å². The Bertz CT molecular complexity index is 8920. The maximum absolute atomic E-state index is 6.42. The van der Waals surface area contributed by atoms with Gasteiger partial charge in [0.25, 0.3) is 0 Å². The minimum absolute atomic E-state index is 0.902. The van der Waals surface area contributed by atoms with Crippen LogP contribution >= 0.6 is 0 Å². The van der Waals surface area contributed by atoms with Gasteiger partial charge in [0.05, 0.1) is 75.6 Å². The van der Waals surface area contributed by atoms with Crippen molar-refractivity contribution in [2.24, 2.45) is 35.2 Å². The highest BCUT2D eigenvalue weighted by molar-refractivity contribution is 6.19. The highest BCUT2D eigenvalue weighted by Crippen LogP contribution is 2.46. The van der Waals surface area contributed by atoms with Crippen LogP contribution in [0.4, 0.5) is 0 Å². The van der Waals surface area contributed by atoms with E-state index in [1.807, 2.05) is 108 Å². The number of nitrogens with zero attached hydrogens (tertiary/aromatic N) is 10. The van der Waals surface area contributed by atoms with E-state index in [1.165, 1.54) is 86.9 Å². The van der Waals surface area contributed by atoms with E-state index in [1.54, 1.807) is 12.4 Å². The van der Waals surface area contributed by atoms with Crippen LogP contribution in [0.5, 0.6) is 0 Å². The van der Waals surface area contributed by atoms with Gasteiger partial charge in [-0.25, -0.2) is 13.7 Å². The van der Waals surface area contributed by atoms with Gasteiger partial charge in [0.15, 0.2) is 34.8 Å². The second kappa shape index (κ2) is 32.2. The molecule has 0 saturated heterocycles. The second-order valence-electron chi connectivity index (χ2n) is 34.3. The van der Waals surface area contributed by atoms with E-state index in [2.05, 4.69) is 330 Å². The van der Waals surface area contributed by atoms with Gasteiger partial charge in [0.2, 0.25) is 11.4 Å². The lowest BCUT2D eigenvalue weighted by Crippen LogP contribution is -2.32. The Morgan fingerprint density at radius 1 is 0.248 bits per heavy atom. The summed E-state index contributed by atoms with van der Waals surface area (Å²) in [6, 6.07) is 85.2. The lowest BCUT2D eigenvalue weighted by Gasteiger charge is -2.08. The van der Waals surface area contributed by atoms with Gasteiger partial charge in [-0.3, -0.25) is 9.97 Å². The van der Waals surface area contributed by atoms with E-state index in [0.717, 1.165) is 184 Å². The topological polar surface area (TPSA) is 150 Å². The summed E-state index contributed by atoms with van der Waals surface area (Å²) in [6.07, 6.45) is 21.2. The number of aryl methyl sites for hydroxylation is 13. The summed E-state index contributed by atoms with van der Waals surface area (Å²) in [5.41, 5.74) is 27.3. The summed E-state index contributed by atoms with van der Waals surface area (Å²) >= 11 is 0. The van der Waals surface area contributed by atoms with Gasteiger partial charge in [-0.1, -0.05) is 164 Å². The molecule has 15 heteroatoms. The van der Waals surface area contributed by atoms with Crippen LogP contribution in [0, 0.1) is 62.3 Å². The van der Waals surface area contributed by atoms with Crippen LogP contribution < -0.4 is 22.8 Å². The normalized spacial score (nSPS) is 11.6. The molecule has 10 aromatic heterocycles. The fraction of sp³-hybridized carbons (Fsp3) is 0.123. The van der Waals surface area contributed by atoms with Crippen molar-refractivity contribution in [2.75, 3.05) is 0 Å². The van der Waals surface area contributed by atoms with Crippen molar-refractivity contribution < 1.29 is 44.9 Å². The van der Waals surface area contributed by atoms with Crippen molar-refractivity contribution in [3.63, 3.8) is 0 Å². The SMILES string of the molecule is Cc1cc(C)c2c(oc3cc4ccccc4cc32)c1-c1cncc[n+]1C.Cc1cc2c(oc3cc4ccccc4cc32)c(-c2cncc[n+]2C)c1C.Cc1cc[n+](C)c(-c2c(C)ccc3c2oc2cc4ccccc4cc23)n1.Cc1ccc2c(oc3cc4ccccc4cc32)c1-c1nccc[n+]1C.Cc1cnc(-c2c(C)ccc3c2oc2cc4ccccc4cc23)[n+](C)c1. The first kappa shape index (κ1) is 80.1. The van der Waals surface area contributed by atoms with Gasteiger partial charge < -0.3 is 22.1 Å². The van der Waals surface area contributed by atoms with Crippen LogP contribution in [0.15, 0.2) is 333 Å². The molecular formula is C114H93N10O5+5. The molecule has 0 bridgehead atoms. The maximum atomic E-state index is 6.42. The zero-order valence-corrected chi connectivity index (χ0v) is 74.5. The molecule has 624 valence electrons. The van der Waals surface area contributed by atoms with E-state index in [0.29, 0.717) is 0 Å². The molecule has 25 aromatic rings. The Labute approximate surface area is 744 Å². The van der Waals surface area contributed by atoms with E-state index < -0.39 is 0 Å². The fourth-order valence-electron chi connectivity index (χ4n) is 18.9. The molecule has 0 radical (unpaired) electrons. The van der Waals surface area contributed by atoms with Gasteiger partial charge in [0.1, 0.15) is 82.3 Å². The molecule has 10 heterocycles. The maximum Gasteiger partial charge on any atom is 0.334 e. The van der Waals surface area contributed by atoms with Crippen molar-refractivity contribution in [3.05, 3.63) is 361 Å². The average Bonchev–Trinajstić information content (AvgIpc) is 1.60. The Hall–Kier alpha value is -16.0. The average molecular weight is 1680 g/mol. The number of rotatable bonds is 5. The Morgan fingerprint density at radius 2 is 0.620 bits per heavy atom. The van der Waals surface area contributed by atoms with E-state index in [4.69, 9.17) is 27.1 Å². The molecule has 0 amide bonds. The molecule has 0 spiro atoms. The van der Waals surface area contributed by atoms with Crippen LogP contribution in [-0.2, 0) is 35.2 Å². The van der Waals surface area contributed by atoms with Crippen LogP contribution in [-0.4, -0.2) is 24.9 Å². The Morgan fingerprint density at radius 3 is 1.05 bits per heavy atom. The second-order valence-corrected chi connectivity index (χ2v) is 34.3. The molecule has 0 atom stereocenters. The quantitative estimate of drug-likeness (QED) is 0.152. The zero-order chi connectivity index (χ0) is 88.3. The minimum atomic E-state index is 0.902. The number of aromatic nitrogens is 10. The highest BCUT2D eigenvalue weighted by Gasteiger charge is 2.30. The fourth-order valence-corrected chi connectivity index (χ4v) is 18.9. The van der Waals surface area contributed by atoms with Gasteiger partial charge in [-0.05, 0) is 230 Å². The smallest absolute Gasteiger partial charge is 0.334 e. The molecule has 15 aromatic carbocycles. The van der Waals surface area contributed by atoms with Crippen LogP contribution in [0.2, 0.25) is 0 Å². The highest BCUT2D eigenvalue weighted by atomic mass is 16.3. The third kappa shape index (κ3) is 14.2. The number of hydrogen-bond acceptors (Lipinski definition) is 10. The van der Waals surface area contributed by atoms with Crippen molar-refractivity contribution in [2.45, 2.75) is 62.3 Å². The van der Waals surface area contributed by atoms with E-state index in [-0.39, 0.29) is 0 Å². The summed E-state index contributed by atoms with van der Waals surface area (Å²) in [4.78, 5) is 22.7. The summed E-state index contributed by atoms with van der Waals surface area (Å²) in [5.74, 6) is 2.76. The molecule has 0 N–H and O–H groups in total. The minimum Gasteiger partial charge on any atom is -0.455 e. The first-order chi connectivity index (χ1) is 62.7. The standard InChI is InChI=1S/4C23H19N2O.C22H17N2O/c1-14-12-24-23(25(3)13-14)21-15(2)8-9-18-19-10-16-6-4-5-7-17(16)11-20(19)26-22(18)21;1-14-10-19-18-11-16-6-4-5-7-17(16)12-21(18)26-23(19)22(15(14)2)20-13-24-8-9-25(20)3;1-14-10-15(2)22(19-13-24-8-9-25(19)3)23-21(14)18-11-16-6-4-5-7-17(16)12-20(18)26-23;1-14-8-9-18-19-12-16-6-4-5-7-17(16)13-20(19)26-22(18)21(14)23-24-15(2)10-11-25(23)3;1-14-8-9-17-18-12-15-6-3-4-7-16(15)13-19(18)25-21(17)20(14)22-23-10-5-11-24(22)2/h4*4-13H,1-3H3;3-13H,1-2H3/q5*+1. The predicted octanol–water partition coefficient (Wildman–Crippen LogP) is 25.9.